The molecule has 0 aliphatic carbocycles. The molecule has 15 nitrogen and oxygen atoms in total. The number of hydrogen-bond acceptors (Lipinski definition) is 7. The van der Waals surface area contributed by atoms with Crippen LogP contribution in [0.2, 0.25) is 0 Å². The van der Waals surface area contributed by atoms with Crippen LogP contribution in [0.15, 0.2) is 9.98 Å². The predicted molar refractivity (Wildman–Crippen MR) is 137 cm³/mol. The Morgan fingerprint density at radius 3 is 1.89 bits per heavy atom. The van der Waals surface area contributed by atoms with Crippen LogP contribution in [0, 0.1) is 0 Å². The van der Waals surface area contributed by atoms with Crippen molar-refractivity contribution in [3.8, 4) is 0 Å². The Morgan fingerprint density at radius 2 is 1.35 bits per heavy atom. The van der Waals surface area contributed by atoms with Crippen LogP contribution < -0.4 is 34.0 Å². The number of nitrogens with two attached hydrogens (primary N) is 5. The van der Waals surface area contributed by atoms with Gasteiger partial charge in [0.25, 0.3) is 0 Å². The van der Waals surface area contributed by atoms with Crippen molar-refractivity contribution < 1.29 is 24.3 Å². The first kappa shape index (κ1) is 29.6. The Morgan fingerprint density at radius 1 is 0.838 bits per heavy atom. The SMILES string of the molecule is NC(N)=NCCC[C@H](NC(=O)[C@@H]1CCCN1C(=O)[C@@H](N)CCCN=C(N)N)C(=O)N1CCC[C@H]1C(=O)O. The summed E-state index contributed by atoms with van der Waals surface area (Å²) in [6, 6.07) is -3.52. The maximum Gasteiger partial charge on any atom is 0.326 e. The summed E-state index contributed by atoms with van der Waals surface area (Å²) in [5, 5.41) is 12.3. The summed E-state index contributed by atoms with van der Waals surface area (Å²) in [7, 11) is 0. The number of nitrogens with one attached hydrogen (secondary N) is 1. The third-order valence-corrected chi connectivity index (χ3v) is 6.50. The quantitative estimate of drug-likeness (QED) is 0.0727. The Kier molecular flexibility index (Phi) is 11.4. The van der Waals surface area contributed by atoms with Gasteiger partial charge in [0.1, 0.15) is 18.1 Å². The normalized spacial score (nSPS) is 20.7. The lowest BCUT2D eigenvalue weighted by Crippen LogP contribution is -2.56. The topological polar surface area (TPSA) is 262 Å². The van der Waals surface area contributed by atoms with Crippen molar-refractivity contribution in [3.63, 3.8) is 0 Å². The molecule has 2 heterocycles. The zero-order chi connectivity index (χ0) is 27.5. The van der Waals surface area contributed by atoms with Crippen LogP contribution in [0.25, 0.3) is 0 Å². The third-order valence-electron chi connectivity index (χ3n) is 6.50. The molecule has 0 aromatic carbocycles. The van der Waals surface area contributed by atoms with E-state index in [0.717, 1.165) is 0 Å². The van der Waals surface area contributed by atoms with E-state index in [2.05, 4.69) is 15.3 Å². The number of carboxylic acid groups (broad SMARTS) is 1. The van der Waals surface area contributed by atoms with Gasteiger partial charge in [0.2, 0.25) is 17.7 Å². The van der Waals surface area contributed by atoms with Crippen molar-refractivity contribution in [1.82, 2.24) is 15.1 Å². The highest BCUT2D eigenvalue weighted by Crippen LogP contribution is 2.22. The predicted octanol–water partition coefficient (Wildman–Crippen LogP) is -3.03. The molecule has 12 N–H and O–H groups in total. The van der Waals surface area contributed by atoms with Crippen LogP contribution in [-0.4, -0.2) is 101 Å². The van der Waals surface area contributed by atoms with E-state index in [1.165, 1.54) is 9.80 Å². The average Bonchev–Trinajstić information content (AvgIpc) is 3.52. The number of hydrogen-bond donors (Lipinski definition) is 7. The van der Waals surface area contributed by atoms with E-state index in [1.54, 1.807) is 0 Å². The fourth-order valence-corrected chi connectivity index (χ4v) is 4.68. The Balaban J connectivity index is 2.07. The standard InChI is InChI=1S/C22H40N10O5/c23-13(5-1-9-28-21(24)25)18(34)31-11-3-7-15(31)17(33)30-14(6-2-10-29-22(26)27)19(35)32-12-4-8-16(32)20(36)37/h13-16H,1-12,23H2,(H,30,33)(H,36,37)(H4,24,25,28)(H4,26,27,29)/t13-,14-,15-,16-/m0/s1. The van der Waals surface area contributed by atoms with Crippen LogP contribution in [0.3, 0.4) is 0 Å². The molecule has 2 saturated heterocycles. The fourth-order valence-electron chi connectivity index (χ4n) is 4.68. The van der Waals surface area contributed by atoms with Crippen LogP contribution in [0.5, 0.6) is 0 Å². The summed E-state index contributed by atoms with van der Waals surface area (Å²) >= 11 is 0. The van der Waals surface area contributed by atoms with Crippen molar-refractivity contribution in [2.75, 3.05) is 26.2 Å². The summed E-state index contributed by atoms with van der Waals surface area (Å²) < 4.78 is 0. The molecule has 2 rings (SSSR count). The number of carbonyl (C=O) groups excluding carboxylic acids is 3. The molecule has 3 amide bonds. The monoisotopic (exact) mass is 524 g/mol. The summed E-state index contributed by atoms with van der Waals surface area (Å²) in [6.45, 7) is 1.24. The van der Waals surface area contributed by atoms with E-state index in [-0.39, 0.29) is 30.8 Å². The van der Waals surface area contributed by atoms with Gasteiger partial charge in [-0.1, -0.05) is 0 Å². The van der Waals surface area contributed by atoms with E-state index >= 15 is 0 Å². The molecule has 0 aromatic rings. The minimum atomic E-state index is -1.09. The summed E-state index contributed by atoms with van der Waals surface area (Å²) in [4.78, 5) is 61.6. The highest BCUT2D eigenvalue weighted by Gasteiger charge is 2.40. The van der Waals surface area contributed by atoms with Gasteiger partial charge in [-0.05, 0) is 51.4 Å². The third kappa shape index (κ3) is 8.77. The highest BCUT2D eigenvalue weighted by molar-refractivity contribution is 5.94. The molecule has 2 fully saturated rings. The first-order valence-electron chi connectivity index (χ1n) is 12.5. The van der Waals surface area contributed by atoms with Crippen molar-refractivity contribution in [1.29, 1.82) is 0 Å². The Bertz CT molecular complexity index is 887. The van der Waals surface area contributed by atoms with E-state index < -0.39 is 42.0 Å². The van der Waals surface area contributed by atoms with Gasteiger partial charge in [-0.25, -0.2) is 4.79 Å². The van der Waals surface area contributed by atoms with Crippen molar-refractivity contribution in [2.24, 2.45) is 38.7 Å². The molecule has 0 spiro atoms. The molecule has 208 valence electrons. The molecule has 4 atom stereocenters. The smallest absolute Gasteiger partial charge is 0.326 e. The van der Waals surface area contributed by atoms with Gasteiger partial charge in [-0.3, -0.25) is 24.4 Å². The number of nitrogens with zero attached hydrogens (tertiary/aromatic N) is 4. The Labute approximate surface area is 215 Å². The lowest BCUT2D eigenvalue weighted by atomic mass is 10.1. The number of guanidine groups is 2. The Hall–Kier alpha value is -3.62. The summed E-state index contributed by atoms with van der Waals surface area (Å²) in [5.74, 6) is -2.53. The van der Waals surface area contributed by atoms with E-state index in [0.29, 0.717) is 64.6 Å². The molecule has 0 bridgehead atoms. The summed E-state index contributed by atoms with van der Waals surface area (Å²) in [6.07, 6.45) is 3.38. The maximum atomic E-state index is 13.3. The molecule has 2 aliphatic heterocycles. The second kappa shape index (κ2) is 14.2. The number of amides is 3. The van der Waals surface area contributed by atoms with Gasteiger partial charge in [-0.15, -0.1) is 0 Å². The van der Waals surface area contributed by atoms with Crippen LogP contribution in [-0.2, 0) is 19.2 Å². The molecule has 0 saturated carbocycles. The number of likely N-dealkylation sites (tertiary alicyclic amines) is 2. The van der Waals surface area contributed by atoms with Crippen LogP contribution in [0.1, 0.15) is 51.4 Å². The van der Waals surface area contributed by atoms with Gasteiger partial charge in [0.15, 0.2) is 11.9 Å². The number of carboxylic acids is 1. The van der Waals surface area contributed by atoms with E-state index in [9.17, 15) is 24.3 Å². The van der Waals surface area contributed by atoms with Gasteiger partial charge in [0.05, 0.1) is 6.04 Å². The molecule has 15 heteroatoms. The second-order valence-electron chi connectivity index (χ2n) is 9.28. The van der Waals surface area contributed by atoms with Gasteiger partial charge < -0.3 is 48.9 Å². The first-order valence-corrected chi connectivity index (χ1v) is 12.5. The van der Waals surface area contributed by atoms with E-state index in [4.69, 9.17) is 28.7 Å². The fraction of sp³-hybridized carbons (Fsp3) is 0.727. The second-order valence-corrected chi connectivity index (χ2v) is 9.28. The minimum absolute atomic E-state index is 0.0396. The molecular formula is C22H40N10O5. The van der Waals surface area contributed by atoms with Crippen molar-refractivity contribution in [3.05, 3.63) is 0 Å². The molecule has 0 aromatic heterocycles. The largest absolute Gasteiger partial charge is 0.480 e. The molecule has 0 radical (unpaired) electrons. The molecule has 2 aliphatic rings. The highest BCUT2D eigenvalue weighted by atomic mass is 16.4. The van der Waals surface area contributed by atoms with Gasteiger partial charge in [-0.2, -0.15) is 0 Å². The number of aliphatic carboxylic acids is 1. The van der Waals surface area contributed by atoms with Gasteiger partial charge in [0, 0.05) is 26.2 Å². The minimum Gasteiger partial charge on any atom is -0.480 e. The van der Waals surface area contributed by atoms with Crippen molar-refractivity contribution in [2.45, 2.75) is 75.5 Å². The average molecular weight is 525 g/mol. The van der Waals surface area contributed by atoms with Crippen LogP contribution >= 0.6 is 0 Å². The van der Waals surface area contributed by atoms with Gasteiger partial charge >= 0.3 is 5.97 Å². The number of carbonyl (C=O) groups is 4. The van der Waals surface area contributed by atoms with Crippen molar-refractivity contribution >= 4 is 35.6 Å². The first-order chi connectivity index (χ1) is 17.5. The van der Waals surface area contributed by atoms with E-state index in [1.807, 2.05) is 0 Å². The number of rotatable bonds is 13. The molecule has 0 unspecified atom stereocenters. The maximum absolute atomic E-state index is 13.3. The molecule has 37 heavy (non-hydrogen) atoms. The lowest BCUT2D eigenvalue weighted by Gasteiger charge is -2.30. The van der Waals surface area contributed by atoms with Crippen LogP contribution in [0.4, 0.5) is 0 Å². The molecular weight excluding hydrogens is 484 g/mol. The zero-order valence-corrected chi connectivity index (χ0v) is 21.1. The number of aliphatic imine (C=N–C) groups is 2. The zero-order valence-electron chi connectivity index (χ0n) is 21.1. The lowest BCUT2D eigenvalue weighted by molar-refractivity contribution is -0.150. The summed E-state index contributed by atoms with van der Waals surface area (Å²) in [5.41, 5.74) is 27.4.